The molecule has 112 valence electrons. The Hall–Kier alpha value is -2.45. The maximum absolute atomic E-state index is 12.9. The Bertz CT molecular complexity index is 651. The van der Waals surface area contributed by atoms with E-state index in [4.69, 9.17) is 4.74 Å². The Labute approximate surface area is 117 Å². The molecule has 0 N–H and O–H groups in total. The number of non-ortho nitro benzene ring substituents is 1. The van der Waals surface area contributed by atoms with Gasteiger partial charge < -0.3 is 4.74 Å². The van der Waals surface area contributed by atoms with Crippen LogP contribution in [0.4, 0.5) is 18.9 Å². The molecule has 0 amide bonds. The predicted octanol–water partition coefficient (Wildman–Crippen LogP) is 4.08. The number of hydrogen-bond donors (Lipinski definition) is 0. The summed E-state index contributed by atoms with van der Waals surface area (Å²) in [4.78, 5) is 9.67. The van der Waals surface area contributed by atoms with Crippen molar-refractivity contribution in [3.8, 4) is 5.75 Å². The smallest absolute Gasteiger partial charge is 0.420 e. The van der Waals surface area contributed by atoms with Gasteiger partial charge in [-0.2, -0.15) is 18.3 Å². The summed E-state index contributed by atoms with van der Waals surface area (Å²) in [5.41, 5.74) is -2.57. The Kier molecular flexibility index (Phi) is 3.44. The molecule has 0 radical (unpaired) electrons. The Morgan fingerprint density at radius 3 is 2.48 bits per heavy atom. The van der Waals surface area contributed by atoms with Gasteiger partial charge in [0.05, 0.1) is 10.5 Å². The largest absolute Gasteiger partial charge is 0.437 e. The van der Waals surface area contributed by atoms with Crippen molar-refractivity contribution in [2.45, 2.75) is 25.6 Å². The highest BCUT2D eigenvalue weighted by Gasteiger charge is 2.37. The van der Waals surface area contributed by atoms with Crippen LogP contribution in [0.1, 0.15) is 19.4 Å². The number of nitro groups is 1. The van der Waals surface area contributed by atoms with Gasteiger partial charge in [-0.25, -0.2) is 0 Å². The van der Waals surface area contributed by atoms with Crippen molar-refractivity contribution in [2.24, 2.45) is 10.2 Å². The first kappa shape index (κ1) is 14.9. The minimum Gasteiger partial charge on any atom is -0.437 e. The van der Waals surface area contributed by atoms with Crippen LogP contribution >= 0.6 is 0 Å². The fourth-order valence-electron chi connectivity index (χ4n) is 1.64. The monoisotopic (exact) mass is 301 g/mol. The molecule has 0 unspecified atom stereocenters. The minimum atomic E-state index is -4.78. The van der Waals surface area contributed by atoms with E-state index in [0.717, 1.165) is 12.1 Å². The fraction of sp³-hybridized carbons (Fsp3) is 0.333. The quantitative estimate of drug-likeness (QED) is 0.623. The third-order valence-corrected chi connectivity index (χ3v) is 2.58. The molecule has 0 bridgehead atoms. The summed E-state index contributed by atoms with van der Waals surface area (Å²) in [5, 5.41) is 18.0. The van der Waals surface area contributed by atoms with Crippen LogP contribution in [0, 0.1) is 10.1 Å². The van der Waals surface area contributed by atoms with Gasteiger partial charge in [0.25, 0.3) is 5.69 Å². The minimum absolute atomic E-state index is 0.0839. The van der Waals surface area contributed by atoms with E-state index in [1.54, 1.807) is 13.8 Å². The summed E-state index contributed by atoms with van der Waals surface area (Å²) in [7, 11) is 0. The highest BCUT2D eigenvalue weighted by Crippen LogP contribution is 2.39. The van der Waals surface area contributed by atoms with E-state index in [2.05, 4.69) is 10.2 Å². The normalized spacial score (nSPS) is 16.7. The molecule has 21 heavy (non-hydrogen) atoms. The van der Waals surface area contributed by atoms with Gasteiger partial charge in [-0.3, -0.25) is 10.1 Å². The zero-order valence-electron chi connectivity index (χ0n) is 11.0. The maximum atomic E-state index is 12.9. The van der Waals surface area contributed by atoms with Crippen LogP contribution in [0.3, 0.4) is 0 Å². The highest BCUT2D eigenvalue weighted by atomic mass is 19.4. The molecule has 0 atom stereocenters. The lowest BCUT2D eigenvalue weighted by Crippen LogP contribution is -2.10. The molecule has 1 aromatic rings. The maximum Gasteiger partial charge on any atom is 0.420 e. The second-order valence-corrected chi connectivity index (χ2v) is 4.87. The van der Waals surface area contributed by atoms with Gasteiger partial charge in [-0.05, 0) is 19.9 Å². The van der Waals surface area contributed by atoms with Crippen molar-refractivity contribution in [1.82, 2.24) is 0 Å². The van der Waals surface area contributed by atoms with Gasteiger partial charge in [0.15, 0.2) is 0 Å². The van der Waals surface area contributed by atoms with Crippen LogP contribution < -0.4 is 4.74 Å². The number of halogens is 3. The Morgan fingerprint density at radius 2 is 2.00 bits per heavy atom. The molecule has 0 fully saturated rings. The number of nitrogens with zero attached hydrogens (tertiary/aromatic N) is 3. The summed E-state index contributed by atoms with van der Waals surface area (Å²) < 4.78 is 43.9. The first-order valence-electron chi connectivity index (χ1n) is 5.78. The third-order valence-electron chi connectivity index (χ3n) is 2.58. The number of nitro benzene ring substituents is 1. The van der Waals surface area contributed by atoms with Gasteiger partial charge in [0.2, 0.25) is 5.88 Å². The molecule has 0 spiro atoms. The van der Waals surface area contributed by atoms with E-state index in [1.165, 1.54) is 6.08 Å². The molecule has 1 aliphatic heterocycles. The SMILES string of the molecule is CC1(C)C=C(Oc2ccc([N+](=O)[O-])cc2C(F)(F)F)N=N1. The highest BCUT2D eigenvalue weighted by molar-refractivity contribution is 5.46. The predicted molar refractivity (Wildman–Crippen MR) is 65.7 cm³/mol. The van der Waals surface area contributed by atoms with Crippen LogP contribution in [-0.4, -0.2) is 10.5 Å². The lowest BCUT2D eigenvalue weighted by molar-refractivity contribution is -0.385. The van der Waals surface area contributed by atoms with Gasteiger partial charge in [0.1, 0.15) is 11.3 Å². The van der Waals surface area contributed by atoms with Crippen LogP contribution in [0.15, 0.2) is 40.4 Å². The average molecular weight is 301 g/mol. The summed E-state index contributed by atoms with van der Waals surface area (Å²) >= 11 is 0. The summed E-state index contributed by atoms with van der Waals surface area (Å²) in [6.45, 7) is 3.40. The summed E-state index contributed by atoms with van der Waals surface area (Å²) in [6.07, 6.45) is -3.33. The lowest BCUT2D eigenvalue weighted by Gasteiger charge is -2.12. The van der Waals surface area contributed by atoms with E-state index in [1.807, 2.05) is 0 Å². The molecule has 0 aromatic heterocycles. The second kappa shape index (κ2) is 4.83. The summed E-state index contributed by atoms with van der Waals surface area (Å²) in [6, 6.07) is 2.25. The van der Waals surface area contributed by atoms with Gasteiger partial charge in [-0.15, -0.1) is 5.11 Å². The molecule has 1 aliphatic rings. The van der Waals surface area contributed by atoms with Crippen LogP contribution in [0.2, 0.25) is 0 Å². The van der Waals surface area contributed by atoms with Crippen LogP contribution in [-0.2, 0) is 6.18 Å². The molecule has 1 aromatic carbocycles. The molecular formula is C12H10F3N3O3. The van der Waals surface area contributed by atoms with Crippen molar-refractivity contribution in [3.05, 3.63) is 45.8 Å². The zero-order valence-corrected chi connectivity index (χ0v) is 11.0. The molecule has 6 nitrogen and oxygen atoms in total. The lowest BCUT2D eigenvalue weighted by atomic mass is 10.1. The molecule has 0 aliphatic carbocycles. The van der Waals surface area contributed by atoms with Crippen LogP contribution in [0.25, 0.3) is 0 Å². The average Bonchev–Trinajstić information content (AvgIpc) is 2.67. The van der Waals surface area contributed by atoms with Crippen molar-refractivity contribution in [1.29, 1.82) is 0 Å². The van der Waals surface area contributed by atoms with Crippen molar-refractivity contribution in [3.63, 3.8) is 0 Å². The number of hydrogen-bond acceptors (Lipinski definition) is 5. The first-order valence-corrected chi connectivity index (χ1v) is 5.78. The van der Waals surface area contributed by atoms with E-state index < -0.39 is 33.6 Å². The van der Waals surface area contributed by atoms with Crippen molar-refractivity contribution in [2.75, 3.05) is 0 Å². The van der Waals surface area contributed by atoms with Crippen molar-refractivity contribution >= 4 is 5.69 Å². The van der Waals surface area contributed by atoms with E-state index in [9.17, 15) is 23.3 Å². The number of ether oxygens (including phenoxy) is 1. The van der Waals surface area contributed by atoms with E-state index >= 15 is 0 Å². The van der Waals surface area contributed by atoms with E-state index in [0.29, 0.717) is 6.07 Å². The number of rotatable bonds is 3. The second-order valence-electron chi connectivity index (χ2n) is 4.87. The molecule has 1 heterocycles. The molecule has 0 saturated carbocycles. The topological polar surface area (TPSA) is 77.1 Å². The first-order chi connectivity index (χ1) is 9.58. The number of azo groups is 1. The van der Waals surface area contributed by atoms with E-state index in [-0.39, 0.29) is 5.88 Å². The van der Waals surface area contributed by atoms with Gasteiger partial charge in [-0.1, -0.05) is 0 Å². The Balaban J connectivity index is 2.40. The van der Waals surface area contributed by atoms with Gasteiger partial charge in [0, 0.05) is 18.2 Å². The van der Waals surface area contributed by atoms with Gasteiger partial charge >= 0.3 is 6.18 Å². The van der Waals surface area contributed by atoms with Crippen molar-refractivity contribution < 1.29 is 22.8 Å². The number of alkyl halides is 3. The Morgan fingerprint density at radius 1 is 1.33 bits per heavy atom. The molecule has 9 heteroatoms. The standard InChI is InChI=1S/C12H10F3N3O3/c1-11(2)6-10(16-17-11)21-9-4-3-7(18(19)20)5-8(9)12(13,14)15/h3-6H,1-2H3. The number of benzene rings is 1. The fourth-order valence-corrected chi connectivity index (χ4v) is 1.64. The molecular weight excluding hydrogens is 291 g/mol. The molecule has 2 rings (SSSR count). The summed E-state index contributed by atoms with van der Waals surface area (Å²) in [5.74, 6) is -0.643. The van der Waals surface area contributed by atoms with Crippen LogP contribution in [0.5, 0.6) is 5.75 Å². The molecule has 0 saturated heterocycles. The zero-order chi connectivity index (χ0) is 15.8. The third kappa shape index (κ3) is 3.36.